The SMILES string of the molecule is CNc1cccc(-c2nc3cc(N)ccc3o2)c1. The number of benzene rings is 2. The number of aromatic nitrogens is 1. The maximum absolute atomic E-state index is 5.73. The summed E-state index contributed by atoms with van der Waals surface area (Å²) in [5, 5.41) is 3.09. The van der Waals surface area contributed by atoms with Crippen LogP contribution in [0, 0.1) is 0 Å². The lowest BCUT2D eigenvalue weighted by Gasteiger charge is -2.00. The molecule has 0 atom stereocenters. The number of nitrogens with two attached hydrogens (primary N) is 1. The Balaban J connectivity index is 2.13. The molecule has 1 aromatic heterocycles. The van der Waals surface area contributed by atoms with Gasteiger partial charge in [-0.1, -0.05) is 6.07 Å². The van der Waals surface area contributed by atoms with E-state index >= 15 is 0 Å². The van der Waals surface area contributed by atoms with Crippen molar-refractivity contribution < 1.29 is 4.42 Å². The molecule has 1 heterocycles. The molecule has 0 fully saturated rings. The molecule has 0 aliphatic carbocycles. The molecule has 0 spiro atoms. The number of nitrogens with zero attached hydrogens (tertiary/aromatic N) is 1. The molecule has 0 saturated heterocycles. The molecule has 3 N–H and O–H groups in total. The Kier molecular flexibility index (Phi) is 2.41. The highest BCUT2D eigenvalue weighted by Crippen LogP contribution is 2.26. The van der Waals surface area contributed by atoms with Crippen LogP contribution in [0.4, 0.5) is 11.4 Å². The van der Waals surface area contributed by atoms with E-state index in [0.29, 0.717) is 11.6 Å². The molecule has 0 saturated carbocycles. The van der Waals surface area contributed by atoms with Crippen molar-refractivity contribution >= 4 is 22.5 Å². The predicted molar refractivity (Wildman–Crippen MR) is 73.4 cm³/mol. The number of hydrogen-bond donors (Lipinski definition) is 2. The average Bonchev–Trinajstić information content (AvgIpc) is 2.81. The summed E-state index contributed by atoms with van der Waals surface area (Å²) in [5.41, 5.74) is 9.90. The molecule has 3 rings (SSSR count). The van der Waals surface area contributed by atoms with E-state index in [2.05, 4.69) is 10.3 Å². The molecule has 0 bridgehead atoms. The van der Waals surface area contributed by atoms with Gasteiger partial charge in [-0.15, -0.1) is 0 Å². The third-order valence-corrected chi connectivity index (χ3v) is 2.81. The highest BCUT2D eigenvalue weighted by atomic mass is 16.3. The van der Waals surface area contributed by atoms with Crippen molar-refractivity contribution in [2.75, 3.05) is 18.1 Å². The molecule has 18 heavy (non-hydrogen) atoms. The van der Waals surface area contributed by atoms with Gasteiger partial charge >= 0.3 is 0 Å². The second-order valence-electron chi connectivity index (χ2n) is 4.08. The number of hydrogen-bond acceptors (Lipinski definition) is 4. The molecular formula is C14H13N3O. The number of nitrogen functional groups attached to an aromatic ring is 1. The Morgan fingerprint density at radius 1 is 1.17 bits per heavy atom. The Morgan fingerprint density at radius 3 is 2.89 bits per heavy atom. The zero-order valence-corrected chi connectivity index (χ0v) is 9.97. The first-order valence-corrected chi connectivity index (χ1v) is 5.70. The molecule has 2 aromatic carbocycles. The van der Waals surface area contributed by atoms with E-state index in [0.717, 1.165) is 22.4 Å². The lowest BCUT2D eigenvalue weighted by Crippen LogP contribution is -1.87. The Morgan fingerprint density at radius 2 is 2.06 bits per heavy atom. The summed E-state index contributed by atoms with van der Waals surface area (Å²) in [6.07, 6.45) is 0. The monoisotopic (exact) mass is 239 g/mol. The van der Waals surface area contributed by atoms with Crippen LogP contribution in [0.2, 0.25) is 0 Å². The lowest BCUT2D eigenvalue weighted by atomic mass is 10.2. The second-order valence-corrected chi connectivity index (χ2v) is 4.08. The smallest absolute Gasteiger partial charge is 0.227 e. The first kappa shape index (κ1) is 10.7. The number of oxazole rings is 1. The first-order valence-electron chi connectivity index (χ1n) is 5.70. The van der Waals surface area contributed by atoms with Gasteiger partial charge in [0.2, 0.25) is 5.89 Å². The fourth-order valence-corrected chi connectivity index (χ4v) is 1.88. The fourth-order valence-electron chi connectivity index (χ4n) is 1.88. The van der Waals surface area contributed by atoms with Gasteiger partial charge in [0, 0.05) is 24.0 Å². The molecule has 0 aliphatic heterocycles. The van der Waals surface area contributed by atoms with Crippen LogP contribution < -0.4 is 11.1 Å². The van der Waals surface area contributed by atoms with Crippen LogP contribution in [-0.4, -0.2) is 12.0 Å². The number of fused-ring (bicyclic) bond motifs is 1. The third-order valence-electron chi connectivity index (χ3n) is 2.81. The Bertz CT molecular complexity index is 703. The maximum Gasteiger partial charge on any atom is 0.227 e. The highest BCUT2D eigenvalue weighted by molar-refractivity contribution is 5.79. The summed E-state index contributed by atoms with van der Waals surface area (Å²) in [5.74, 6) is 0.604. The molecule has 4 heteroatoms. The van der Waals surface area contributed by atoms with Crippen LogP contribution in [0.5, 0.6) is 0 Å². The van der Waals surface area contributed by atoms with Crippen molar-refractivity contribution in [3.8, 4) is 11.5 Å². The minimum Gasteiger partial charge on any atom is -0.436 e. The van der Waals surface area contributed by atoms with E-state index < -0.39 is 0 Å². The maximum atomic E-state index is 5.73. The van der Waals surface area contributed by atoms with E-state index in [1.807, 2.05) is 43.4 Å². The van der Waals surface area contributed by atoms with Gasteiger partial charge in [-0.05, 0) is 36.4 Å². The number of anilines is 2. The molecule has 0 radical (unpaired) electrons. The Hall–Kier alpha value is -2.49. The zero-order valence-electron chi connectivity index (χ0n) is 9.97. The number of rotatable bonds is 2. The Labute approximate surface area is 104 Å². The first-order chi connectivity index (χ1) is 8.76. The lowest BCUT2D eigenvalue weighted by molar-refractivity contribution is 0.620. The van der Waals surface area contributed by atoms with Crippen molar-refractivity contribution in [1.29, 1.82) is 0 Å². The highest BCUT2D eigenvalue weighted by Gasteiger charge is 2.08. The summed E-state index contributed by atoms with van der Waals surface area (Å²) < 4.78 is 5.71. The van der Waals surface area contributed by atoms with Crippen molar-refractivity contribution in [2.45, 2.75) is 0 Å². The summed E-state index contributed by atoms with van der Waals surface area (Å²) in [7, 11) is 1.88. The van der Waals surface area contributed by atoms with E-state index in [4.69, 9.17) is 10.2 Å². The van der Waals surface area contributed by atoms with Crippen LogP contribution in [0.1, 0.15) is 0 Å². The molecular weight excluding hydrogens is 226 g/mol. The van der Waals surface area contributed by atoms with Crippen LogP contribution in [0.25, 0.3) is 22.6 Å². The van der Waals surface area contributed by atoms with Gasteiger partial charge < -0.3 is 15.5 Å². The van der Waals surface area contributed by atoms with E-state index in [1.165, 1.54) is 0 Å². The summed E-state index contributed by atoms with van der Waals surface area (Å²) in [4.78, 5) is 4.44. The summed E-state index contributed by atoms with van der Waals surface area (Å²) in [6.45, 7) is 0. The third kappa shape index (κ3) is 1.78. The standard InChI is InChI=1S/C14H13N3O/c1-16-11-4-2-3-9(7-11)14-17-12-8-10(15)5-6-13(12)18-14/h2-8,16H,15H2,1H3. The van der Waals surface area contributed by atoms with Gasteiger partial charge in [-0.2, -0.15) is 0 Å². The summed E-state index contributed by atoms with van der Waals surface area (Å²) in [6, 6.07) is 13.4. The van der Waals surface area contributed by atoms with E-state index in [9.17, 15) is 0 Å². The van der Waals surface area contributed by atoms with Gasteiger partial charge in [0.05, 0.1) is 0 Å². The van der Waals surface area contributed by atoms with Crippen molar-refractivity contribution in [1.82, 2.24) is 4.98 Å². The van der Waals surface area contributed by atoms with Crippen molar-refractivity contribution in [3.63, 3.8) is 0 Å². The minimum absolute atomic E-state index is 0.604. The van der Waals surface area contributed by atoms with Crippen LogP contribution in [0.3, 0.4) is 0 Å². The molecule has 0 unspecified atom stereocenters. The molecule has 90 valence electrons. The normalized spacial score (nSPS) is 10.7. The van der Waals surface area contributed by atoms with Crippen LogP contribution in [-0.2, 0) is 0 Å². The predicted octanol–water partition coefficient (Wildman–Crippen LogP) is 3.12. The fraction of sp³-hybridized carbons (Fsp3) is 0.0714. The van der Waals surface area contributed by atoms with Gasteiger partial charge in [-0.25, -0.2) is 4.98 Å². The van der Waals surface area contributed by atoms with Crippen molar-refractivity contribution in [2.24, 2.45) is 0 Å². The molecule has 0 aliphatic rings. The molecule has 3 aromatic rings. The van der Waals surface area contributed by atoms with Crippen molar-refractivity contribution in [3.05, 3.63) is 42.5 Å². The van der Waals surface area contributed by atoms with Crippen LogP contribution in [0.15, 0.2) is 46.9 Å². The average molecular weight is 239 g/mol. The largest absolute Gasteiger partial charge is 0.436 e. The minimum atomic E-state index is 0.604. The van der Waals surface area contributed by atoms with Gasteiger partial charge in [0.15, 0.2) is 5.58 Å². The molecule has 4 nitrogen and oxygen atoms in total. The van der Waals surface area contributed by atoms with Gasteiger partial charge in [0.25, 0.3) is 0 Å². The topological polar surface area (TPSA) is 64.1 Å². The van der Waals surface area contributed by atoms with E-state index in [-0.39, 0.29) is 0 Å². The quantitative estimate of drug-likeness (QED) is 0.674. The summed E-state index contributed by atoms with van der Waals surface area (Å²) >= 11 is 0. The van der Waals surface area contributed by atoms with E-state index in [1.54, 1.807) is 6.07 Å². The van der Waals surface area contributed by atoms with Crippen LogP contribution >= 0.6 is 0 Å². The number of nitrogens with one attached hydrogen (secondary N) is 1. The zero-order chi connectivity index (χ0) is 12.5. The second kappa shape index (κ2) is 4.07. The van der Waals surface area contributed by atoms with Gasteiger partial charge in [-0.3, -0.25) is 0 Å². The van der Waals surface area contributed by atoms with Gasteiger partial charge in [0.1, 0.15) is 5.52 Å². The molecule has 0 amide bonds.